The molecule has 44 heavy (non-hydrogen) atoms. The van der Waals surface area contributed by atoms with Gasteiger partial charge in [0.1, 0.15) is 16.9 Å². The predicted octanol–water partition coefficient (Wildman–Crippen LogP) is 9.04. The summed E-state index contributed by atoms with van der Waals surface area (Å²) in [5.74, 6) is 1.81. The van der Waals surface area contributed by atoms with Crippen LogP contribution in [0.3, 0.4) is 0 Å². The molecule has 0 unspecified atom stereocenters. The Labute approximate surface area is 256 Å². The van der Waals surface area contributed by atoms with Crippen molar-refractivity contribution in [1.29, 1.82) is 0 Å². The van der Waals surface area contributed by atoms with Crippen molar-refractivity contribution in [2.24, 2.45) is 4.99 Å². The lowest BCUT2D eigenvalue weighted by molar-refractivity contribution is 0.467. The molecule has 3 heterocycles. The zero-order valence-corrected chi connectivity index (χ0v) is 24.3. The number of furan rings is 1. The molecule has 0 saturated carbocycles. The highest BCUT2D eigenvalue weighted by atomic mass is 16.3. The smallest absolute Gasteiger partial charge is 0.131 e. The van der Waals surface area contributed by atoms with Gasteiger partial charge in [-0.2, -0.15) is 0 Å². The predicted molar refractivity (Wildman–Crippen MR) is 177 cm³/mol. The Kier molecular flexibility index (Phi) is 6.27. The second-order valence-corrected chi connectivity index (χ2v) is 11.1. The zero-order valence-electron chi connectivity index (χ0n) is 24.3. The van der Waals surface area contributed by atoms with Crippen molar-refractivity contribution in [2.45, 2.75) is 18.9 Å². The topological polar surface area (TPSA) is 51.3 Å². The first kappa shape index (κ1) is 26.1. The molecule has 3 aromatic carbocycles. The molecular formula is C40H29N3O. The van der Waals surface area contributed by atoms with Gasteiger partial charge >= 0.3 is 0 Å². The summed E-state index contributed by atoms with van der Waals surface area (Å²) >= 11 is 0. The summed E-state index contributed by atoms with van der Waals surface area (Å²) < 4.78 is 6.83. The molecule has 3 aromatic heterocycles. The first-order valence-electron chi connectivity index (χ1n) is 14.9. The summed E-state index contributed by atoms with van der Waals surface area (Å²) in [6, 6.07) is 34.6. The Bertz CT molecular complexity index is 2060. The molecule has 2 aliphatic rings. The van der Waals surface area contributed by atoms with E-state index >= 15 is 0 Å². The van der Waals surface area contributed by atoms with Crippen LogP contribution in [0.4, 0.5) is 0 Å². The molecule has 0 amide bonds. The minimum atomic E-state index is -0.534. The zero-order chi connectivity index (χ0) is 29.5. The lowest BCUT2D eigenvalue weighted by atomic mass is 9.73. The molecule has 0 bridgehead atoms. The van der Waals surface area contributed by atoms with E-state index in [0.717, 1.165) is 39.5 Å². The number of nitrogens with zero attached hydrogens (tertiary/aromatic N) is 3. The van der Waals surface area contributed by atoms with Gasteiger partial charge in [-0.25, -0.2) is 0 Å². The molecule has 0 atom stereocenters. The molecule has 0 aliphatic heterocycles. The molecule has 1 spiro atoms. The maximum Gasteiger partial charge on any atom is 0.131 e. The molecule has 0 radical (unpaired) electrons. The lowest BCUT2D eigenvalue weighted by Crippen LogP contribution is -2.25. The Hall–Kier alpha value is -5.61. The fraction of sp³-hybridized carbons (Fsp3) is 0.0750. The number of aliphatic imine (C=N–C) groups is 1. The highest BCUT2D eigenvalue weighted by molar-refractivity contribution is 6.13. The molecule has 4 heteroatoms. The SMILES string of the molecule is C/C=C\C=C/c1cc2c(o1)C1(c3ccccc3-c3ccccc31)c1ccc(C(=NCc3ccncc3)c3ccncc3)cc1-2. The monoisotopic (exact) mass is 567 g/mol. The molecular weight excluding hydrogens is 538 g/mol. The van der Waals surface area contributed by atoms with Crippen LogP contribution in [-0.4, -0.2) is 15.7 Å². The van der Waals surface area contributed by atoms with Gasteiger partial charge in [-0.05, 0) is 88.3 Å². The van der Waals surface area contributed by atoms with Crippen molar-refractivity contribution in [1.82, 2.24) is 9.97 Å². The van der Waals surface area contributed by atoms with Gasteiger partial charge in [0.15, 0.2) is 0 Å². The maximum absolute atomic E-state index is 6.83. The van der Waals surface area contributed by atoms with Crippen molar-refractivity contribution in [3.8, 4) is 22.3 Å². The van der Waals surface area contributed by atoms with E-state index in [1.165, 1.54) is 33.4 Å². The molecule has 0 fully saturated rings. The fourth-order valence-corrected chi connectivity index (χ4v) is 6.88. The van der Waals surface area contributed by atoms with Crippen molar-refractivity contribution in [3.63, 3.8) is 0 Å². The Morgan fingerprint density at radius 2 is 1.34 bits per heavy atom. The largest absolute Gasteiger partial charge is 0.459 e. The number of benzene rings is 3. The first-order valence-corrected chi connectivity index (χ1v) is 14.9. The second kappa shape index (κ2) is 10.6. The Morgan fingerprint density at radius 1 is 0.682 bits per heavy atom. The normalized spacial score (nSPS) is 14.2. The molecule has 2 aliphatic carbocycles. The third-order valence-corrected chi connectivity index (χ3v) is 8.72. The lowest BCUT2D eigenvalue weighted by Gasteiger charge is -2.28. The maximum atomic E-state index is 6.83. The van der Waals surface area contributed by atoms with Crippen LogP contribution in [0, 0.1) is 0 Å². The van der Waals surface area contributed by atoms with Crippen LogP contribution in [0.5, 0.6) is 0 Å². The number of aromatic nitrogens is 2. The molecule has 210 valence electrons. The van der Waals surface area contributed by atoms with Crippen molar-refractivity contribution in [3.05, 3.63) is 185 Å². The van der Waals surface area contributed by atoms with Crippen molar-refractivity contribution < 1.29 is 4.42 Å². The summed E-state index contributed by atoms with van der Waals surface area (Å²) in [7, 11) is 0. The van der Waals surface area contributed by atoms with E-state index in [4.69, 9.17) is 9.41 Å². The molecule has 4 nitrogen and oxygen atoms in total. The van der Waals surface area contributed by atoms with E-state index in [1.54, 1.807) is 0 Å². The van der Waals surface area contributed by atoms with Gasteiger partial charge < -0.3 is 4.42 Å². The Morgan fingerprint density at radius 3 is 2.05 bits per heavy atom. The number of fused-ring (bicyclic) bond motifs is 10. The third kappa shape index (κ3) is 3.95. The summed E-state index contributed by atoms with van der Waals surface area (Å²) in [6.45, 7) is 2.57. The third-order valence-electron chi connectivity index (χ3n) is 8.72. The highest BCUT2D eigenvalue weighted by Crippen LogP contribution is 2.63. The summed E-state index contributed by atoms with van der Waals surface area (Å²) in [6.07, 6.45) is 15.4. The van der Waals surface area contributed by atoms with E-state index in [2.05, 4.69) is 82.8 Å². The average molecular weight is 568 g/mol. The van der Waals surface area contributed by atoms with E-state index in [-0.39, 0.29) is 0 Å². The summed E-state index contributed by atoms with van der Waals surface area (Å²) in [5, 5.41) is 0. The first-order chi connectivity index (χ1) is 21.8. The van der Waals surface area contributed by atoms with Gasteiger partial charge in [-0.1, -0.05) is 78.9 Å². The van der Waals surface area contributed by atoms with Gasteiger partial charge in [0.05, 0.1) is 12.3 Å². The van der Waals surface area contributed by atoms with Crippen LogP contribution in [-0.2, 0) is 12.0 Å². The Balaban J connectivity index is 1.37. The van der Waals surface area contributed by atoms with E-state index < -0.39 is 5.41 Å². The van der Waals surface area contributed by atoms with Gasteiger partial charge in [0.25, 0.3) is 0 Å². The van der Waals surface area contributed by atoms with Crippen LogP contribution in [0.1, 0.15) is 51.8 Å². The van der Waals surface area contributed by atoms with E-state index in [0.29, 0.717) is 6.54 Å². The van der Waals surface area contributed by atoms with E-state index in [1.807, 2.05) is 80.3 Å². The molecule has 8 rings (SSSR count). The fourth-order valence-electron chi connectivity index (χ4n) is 6.88. The summed E-state index contributed by atoms with van der Waals surface area (Å²) in [5.41, 5.74) is 12.1. The average Bonchev–Trinajstić information content (AvgIpc) is 3.71. The number of pyridine rings is 2. The number of hydrogen-bond acceptors (Lipinski definition) is 4. The van der Waals surface area contributed by atoms with Gasteiger partial charge in [0.2, 0.25) is 0 Å². The quantitative estimate of drug-likeness (QED) is 0.149. The number of rotatable bonds is 6. The standard InChI is InChI=1S/C40H29N3O/c1-2-3-4-9-30-25-34-33-24-29(38(28-18-22-42-23-19-28)43-26-27-16-20-41-21-17-27)14-15-37(33)40(39(34)44-30)35-12-7-5-10-31(35)32-11-6-8-13-36(32)40/h2-25H,26H2,1H3/b3-2-,9-4-,43-38?. The van der Waals surface area contributed by atoms with Crippen LogP contribution >= 0.6 is 0 Å². The molecule has 0 N–H and O–H groups in total. The van der Waals surface area contributed by atoms with Crippen molar-refractivity contribution >= 4 is 11.8 Å². The molecule has 0 saturated heterocycles. The van der Waals surface area contributed by atoms with Gasteiger partial charge in [-0.3, -0.25) is 15.0 Å². The summed E-state index contributed by atoms with van der Waals surface area (Å²) in [4.78, 5) is 13.6. The minimum absolute atomic E-state index is 0.534. The van der Waals surface area contributed by atoms with Crippen LogP contribution in [0.2, 0.25) is 0 Å². The van der Waals surface area contributed by atoms with Crippen LogP contribution < -0.4 is 0 Å². The van der Waals surface area contributed by atoms with Crippen molar-refractivity contribution in [2.75, 3.05) is 0 Å². The van der Waals surface area contributed by atoms with Crippen LogP contribution in [0.25, 0.3) is 28.3 Å². The number of hydrogen-bond donors (Lipinski definition) is 0. The highest BCUT2D eigenvalue weighted by Gasteiger charge is 2.54. The van der Waals surface area contributed by atoms with Gasteiger partial charge in [-0.15, -0.1) is 0 Å². The second-order valence-electron chi connectivity index (χ2n) is 11.1. The van der Waals surface area contributed by atoms with Gasteiger partial charge in [0, 0.05) is 41.5 Å². The van der Waals surface area contributed by atoms with E-state index in [9.17, 15) is 0 Å². The molecule has 6 aromatic rings. The minimum Gasteiger partial charge on any atom is -0.459 e. The van der Waals surface area contributed by atoms with Crippen LogP contribution in [0.15, 0.2) is 149 Å². The number of allylic oxidation sites excluding steroid dienone is 3.